The summed E-state index contributed by atoms with van der Waals surface area (Å²) < 4.78 is 10.6. The van der Waals surface area contributed by atoms with Gasteiger partial charge in [0.2, 0.25) is 12.8 Å². The summed E-state index contributed by atoms with van der Waals surface area (Å²) in [5.74, 6) is 2.99. The minimum atomic E-state index is -0.0991. The van der Waals surface area contributed by atoms with Crippen LogP contribution in [0.5, 0.6) is 11.5 Å². The molecule has 3 N–H and O–H groups in total. The maximum atomic E-state index is 5.36. The Labute approximate surface area is 117 Å². The number of rotatable bonds is 2. The molecule has 0 saturated heterocycles. The summed E-state index contributed by atoms with van der Waals surface area (Å²) in [6.45, 7) is 2.87. The van der Waals surface area contributed by atoms with E-state index in [4.69, 9.17) is 9.47 Å². The molecule has 20 heavy (non-hydrogen) atoms. The first-order chi connectivity index (χ1) is 9.74. The van der Waals surface area contributed by atoms with Crippen molar-refractivity contribution in [3.8, 4) is 11.5 Å². The maximum absolute atomic E-state index is 5.36. The van der Waals surface area contributed by atoms with Crippen LogP contribution in [0.1, 0.15) is 12.5 Å². The molecule has 0 aromatic heterocycles. The molecule has 0 aliphatic carbocycles. The number of aliphatic imine (C=N–C) groups is 2. The van der Waals surface area contributed by atoms with Crippen molar-refractivity contribution in [2.24, 2.45) is 9.98 Å². The highest BCUT2D eigenvalue weighted by Gasteiger charge is 2.14. The zero-order valence-corrected chi connectivity index (χ0v) is 11.4. The number of hydrogen-bond acceptors (Lipinski definition) is 7. The molecule has 1 aromatic carbocycles. The Morgan fingerprint density at radius 1 is 1.25 bits per heavy atom. The van der Waals surface area contributed by atoms with Crippen molar-refractivity contribution < 1.29 is 9.47 Å². The van der Waals surface area contributed by atoms with E-state index in [1.165, 1.54) is 0 Å². The Balaban J connectivity index is 1.62. The molecule has 3 rings (SSSR count). The van der Waals surface area contributed by atoms with Gasteiger partial charge in [-0.05, 0) is 24.6 Å². The van der Waals surface area contributed by atoms with Gasteiger partial charge in [-0.15, -0.1) is 0 Å². The highest BCUT2D eigenvalue weighted by molar-refractivity contribution is 5.99. The van der Waals surface area contributed by atoms with E-state index in [1.54, 1.807) is 0 Å². The minimum absolute atomic E-state index is 0.0991. The van der Waals surface area contributed by atoms with Crippen LogP contribution >= 0.6 is 0 Å². The quantitative estimate of drug-likeness (QED) is 0.727. The van der Waals surface area contributed by atoms with Gasteiger partial charge in [-0.1, -0.05) is 6.07 Å². The highest BCUT2D eigenvalue weighted by atomic mass is 16.7. The summed E-state index contributed by atoms with van der Waals surface area (Å²) in [5, 5.41) is 9.30. The highest BCUT2D eigenvalue weighted by Crippen LogP contribution is 2.32. The van der Waals surface area contributed by atoms with Crippen molar-refractivity contribution in [2.75, 3.05) is 13.8 Å². The van der Waals surface area contributed by atoms with Crippen LogP contribution in [0.25, 0.3) is 0 Å². The van der Waals surface area contributed by atoms with Gasteiger partial charge in [0.15, 0.2) is 17.5 Å². The van der Waals surface area contributed by atoms with Gasteiger partial charge in [0.25, 0.3) is 0 Å². The summed E-state index contributed by atoms with van der Waals surface area (Å²) in [6.07, 6.45) is -0.0991. The van der Waals surface area contributed by atoms with Gasteiger partial charge in [-0.3, -0.25) is 5.32 Å². The van der Waals surface area contributed by atoms with Crippen molar-refractivity contribution in [1.29, 1.82) is 0 Å². The topological polar surface area (TPSA) is 79.3 Å². The number of nitrogens with zero attached hydrogens (tertiary/aromatic N) is 2. The third-order valence-corrected chi connectivity index (χ3v) is 3.00. The third-order valence-electron chi connectivity index (χ3n) is 3.00. The molecule has 7 heteroatoms. The average molecular weight is 275 g/mol. The largest absolute Gasteiger partial charge is 0.454 e. The lowest BCUT2D eigenvalue weighted by atomic mass is 10.2. The summed E-state index contributed by atoms with van der Waals surface area (Å²) in [5.41, 5.74) is 1.10. The lowest BCUT2D eigenvalue weighted by Crippen LogP contribution is -2.48. The van der Waals surface area contributed by atoms with Crippen LogP contribution in [0.2, 0.25) is 0 Å². The van der Waals surface area contributed by atoms with Crippen molar-refractivity contribution >= 4 is 11.9 Å². The molecule has 1 aromatic rings. The lowest BCUT2D eigenvalue weighted by Gasteiger charge is -2.19. The fraction of sp³-hybridized carbons (Fsp3) is 0.385. The summed E-state index contributed by atoms with van der Waals surface area (Å²) in [6, 6.07) is 5.88. The smallest absolute Gasteiger partial charge is 0.231 e. The van der Waals surface area contributed by atoms with Gasteiger partial charge in [0.05, 0.1) is 0 Å². The molecular weight excluding hydrogens is 258 g/mol. The predicted molar refractivity (Wildman–Crippen MR) is 75.9 cm³/mol. The van der Waals surface area contributed by atoms with E-state index in [2.05, 4.69) is 25.9 Å². The van der Waals surface area contributed by atoms with Gasteiger partial charge in [-0.2, -0.15) is 0 Å². The molecule has 1 atom stereocenters. The molecule has 2 aliphatic heterocycles. The maximum Gasteiger partial charge on any atom is 0.231 e. The molecule has 7 nitrogen and oxygen atoms in total. The van der Waals surface area contributed by atoms with Crippen molar-refractivity contribution in [1.82, 2.24) is 16.0 Å². The van der Waals surface area contributed by atoms with Gasteiger partial charge in [0, 0.05) is 13.6 Å². The Morgan fingerprint density at radius 2 is 2.05 bits per heavy atom. The summed E-state index contributed by atoms with van der Waals surface area (Å²) in [7, 11) is 1.82. The lowest BCUT2D eigenvalue weighted by molar-refractivity contribution is 0.174. The zero-order chi connectivity index (χ0) is 13.9. The normalized spacial score (nSPS) is 19.8. The average Bonchev–Trinajstić information content (AvgIpc) is 2.92. The molecule has 106 valence electrons. The van der Waals surface area contributed by atoms with Crippen LogP contribution < -0.4 is 25.4 Å². The van der Waals surface area contributed by atoms with Crippen molar-refractivity contribution in [2.45, 2.75) is 19.6 Å². The molecule has 0 radical (unpaired) electrons. The second-order valence-corrected chi connectivity index (χ2v) is 4.50. The summed E-state index contributed by atoms with van der Waals surface area (Å²) in [4.78, 5) is 8.66. The van der Waals surface area contributed by atoms with E-state index in [-0.39, 0.29) is 6.17 Å². The van der Waals surface area contributed by atoms with E-state index in [9.17, 15) is 0 Å². The van der Waals surface area contributed by atoms with Crippen molar-refractivity contribution in [3.63, 3.8) is 0 Å². The Hall–Kier alpha value is -2.44. The monoisotopic (exact) mass is 275 g/mol. The predicted octanol–water partition coefficient (Wildman–Crippen LogP) is 0.385. The SMILES string of the molecule is CNC1=NC(C)N=C(NCc2ccc3c(c2)OCO3)N1. The standard InChI is InChI=1S/C13H17N5O2/c1-8-16-12(14-2)18-13(17-8)15-6-9-3-4-10-11(5-9)20-7-19-10/h3-5,8H,6-7H2,1-2H3,(H3,14,15,16,17,18). The van der Waals surface area contributed by atoms with E-state index in [1.807, 2.05) is 32.2 Å². The molecule has 1 unspecified atom stereocenters. The van der Waals surface area contributed by atoms with E-state index in [0.29, 0.717) is 25.3 Å². The number of hydrogen-bond donors (Lipinski definition) is 3. The van der Waals surface area contributed by atoms with Gasteiger partial charge in [-0.25, -0.2) is 9.98 Å². The molecule has 2 heterocycles. The molecule has 0 spiro atoms. The number of ether oxygens (including phenoxy) is 2. The van der Waals surface area contributed by atoms with E-state index < -0.39 is 0 Å². The van der Waals surface area contributed by atoms with Crippen LogP contribution in [0, 0.1) is 0 Å². The van der Waals surface area contributed by atoms with Gasteiger partial charge in [0.1, 0.15) is 6.17 Å². The summed E-state index contributed by atoms with van der Waals surface area (Å²) >= 11 is 0. The van der Waals surface area contributed by atoms with E-state index in [0.717, 1.165) is 17.1 Å². The first-order valence-corrected chi connectivity index (χ1v) is 6.47. The number of nitrogens with one attached hydrogen (secondary N) is 3. The fourth-order valence-corrected chi connectivity index (χ4v) is 2.03. The van der Waals surface area contributed by atoms with Gasteiger partial charge < -0.3 is 20.1 Å². The minimum Gasteiger partial charge on any atom is -0.454 e. The number of guanidine groups is 2. The molecular formula is C13H17N5O2. The molecule has 0 fully saturated rings. The third kappa shape index (κ3) is 2.61. The van der Waals surface area contributed by atoms with Crippen molar-refractivity contribution in [3.05, 3.63) is 23.8 Å². The van der Waals surface area contributed by atoms with Crippen LogP contribution in [0.3, 0.4) is 0 Å². The zero-order valence-electron chi connectivity index (χ0n) is 11.4. The Bertz CT molecular complexity index is 570. The fourth-order valence-electron chi connectivity index (χ4n) is 2.03. The molecule has 0 amide bonds. The second-order valence-electron chi connectivity index (χ2n) is 4.50. The number of benzene rings is 1. The second kappa shape index (κ2) is 5.28. The van der Waals surface area contributed by atoms with Crippen LogP contribution in [0.4, 0.5) is 0 Å². The Kier molecular flexibility index (Phi) is 3.32. The van der Waals surface area contributed by atoms with Crippen LogP contribution in [0.15, 0.2) is 28.2 Å². The Morgan fingerprint density at radius 3 is 2.90 bits per heavy atom. The van der Waals surface area contributed by atoms with Gasteiger partial charge >= 0.3 is 0 Å². The van der Waals surface area contributed by atoms with Crippen LogP contribution in [-0.4, -0.2) is 31.9 Å². The first kappa shape index (κ1) is 12.6. The molecule has 0 saturated carbocycles. The van der Waals surface area contributed by atoms with E-state index >= 15 is 0 Å². The molecule has 2 aliphatic rings. The first-order valence-electron chi connectivity index (χ1n) is 6.47. The number of fused-ring (bicyclic) bond motifs is 1. The molecule has 0 bridgehead atoms. The van der Waals surface area contributed by atoms with Crippen LogP contribution in [-0.2, 0) is 6.54 Å².